The number of aromatic nitrogens is 3. The molecule has 0 radical (unpaired) electrons. The summed E-state index contributed by atoms with van der Waals surface area (Å²) in [6.45, 7) is 4.10. The minimum atomic E-state index is -0.644. The van der Waals surface area contributed by atoms with Crippen LogP contribution in [0.1, 0.15) is 11.8 Å². The van der Waals surface area contributed by atoms with Crippen LogP contribution < -0.4 is 10.6 Å². The molecule has 30 heavy (non-hydrogen) atoms. The van der Waals surface area contributed by atoms with Crippen LogP contribution in [-0.4, -0.2) is 20.7 Å². The van der Waals surface area contributed by atoms with Gasteiger partial charge < -0.3 is 15.1 Å². The van der Waals surface area contributed by atoms with E-state index in [-0.39, 0.29) is 5.91 Å². The molecule has 7 nitrogen and oxygen atoms in total. The molecule has 2 atom stereocenters. The van der Waals surface area contributed by atoms with Crippen LogP contribution in [0.4, 0.5) is 11.6 Å². The van der Waals surface area contributed by atoms with Gasteiger partial charge in [-0.15, -0.1) is 5.10 Å². The largest absolute Gasteiger partial charge is 0.467 e. The molecule has 0 saturated heterocycles. The van der Waals surface area contributed by atoms with Gasteiger partial charge in [0, 0.05) is 16.9 Å². The number of amides is 1. The smallest absolute Gasteiger partial charge is 0.236 e. The van der Waals surface area contributed by atoms with Crippen molar-refractivity contribution < 1.29 is 9.21 Å². The highest BCUT2D eigenvalue weighted by molar-refractivity contribution is 5.95. The Morgan fingerprint density at radius 1 is 1.03 bits per heavy atom. The third kappa shape index (κ3) is 3.16. The molecule has 0 bridgehead atoms. The van der Waals surface area contributed by atoms with Gasteiger partial charge in [-0.2, -0.15) is 4.98 Å². The monoisotopic (exact) mass is 397 g/mol. The second-order valence-electron chi connectivity index (χ2n) is 7.01. The average molecular weight is 397 g/mol. The van der Waals surface area contributed by atoms with Crippen molar-refractivity contribution >= 4 is 17.5 Å². The first-order valence-electron chi connectivity index (χ1n) is 9.58. The summed E-state index contributed by atoms with van der Waals surface area (Å²) in [6, 6.07) is 22.1. The fourth-order valence-corrected chi connectivity index (χ4v) is 3.65. The van der Waals surface area contributed by atoms with Crippen molar-refractivity contribution in [2.45, 2.75) is 6.04 Å². The van der Waals surface area contributed by atoms with Crippen LogP contribution in [0.25, 0.3) is 11.4 Å². The predicted octanol–water partition coefficient (Wildman–Crippen LogP) is 4.32. The van der Waals surface area contributed by atoms with Crippen LogP contribution in [-0.2, 0) is 4.79 Å². The van der Waals surface area contributed by atoms with E-state index in [9.17, 15) is 4.79 Å². The standard InChI is InChI=1S/C23H19N5O2/c1-15-19(22(29)25-17-11-6-3-7-12-17)20(18-13-8-14-30-18)28-23(24-15)26-21(27-28)16-9-4-2-5-10-16/h2-14,19-20H,1H2,(H,25,29)(H,24,26,27)/t19-,20+/m0/s1. The van der Waals surface area contributed by atoms with Gasteiger partial charge in [-0.05, 0) is 24.3 Å². The number of hydrogen-bond donors (Lipinski definition) is 2. The summed E-state index contributed by atoms with van der Waals surface area (Å²) in [5, 5.41) is 10.8. The van der Waals surface area contributed by atoms with E-state index < -0.39 is 12.0 Å². The number of nitrogens with zero attached hydrogens (tertiary/aromatic N) is 3. The van der Waals surface area contributed by atoms with E-state index in [4.69, 9.17) is 9.52 Å². The lowest BCUT2D eigenvalue weighted by Gasteiger charge is -2.32. The summed E-state index contributed by atoms with van der Waals surface area (Å²) < 4.78 is 7.39. The quantitative estimate of drug-likeness (QED) is 0.536. The molecule has 1 aliphatic rings. The summed E-state index contributed by atoms with van der Waals surface area (Å²) in [4.78, 5) is 17.9. The van der Waals surface area contributed by atoms with Crippen LogP contribution in [0.3, 0.4) is 0 Å². The maximum Gasteiger partial charge on any atom is 0.236 e. The van der Waals surface area contributed by atoms with Crippen molar-refractivity contribution in [1.29, 1.82) is 0 Å². The summed E-state index contributed by atoms with van der Waals surface area (Å²) in [5.74, 6) is 0.837. The van der Waals surface area contributed by atoms with Gasteiger partial charge in [-0.25, -0.2) is 4.68 Å². The minimum absolute atomic E-state index is 0.206. The molecule has 0 fully saturated rings. The van der Waals surface area contributed by atoms with E-state index >= 15 is 0 Å². The first-order valence-corrected chi connectivity index (χ1v) is 9.58. The number of fused-ring (bicyclic) bond motifs is 1. The molecule has 7 heteroatoms. The van der Waals surface area contributed by atoms with E-state index in [2.05, 4.69) is 22.2 Å². The number of para-hydroxylation sites is 1. The zero-order valence-electron chi connectivity index (χ0n) is 16.0. The molecule has 2 N–H and O–H groups in total. The highest BCUT2D eigenvalue weighted by Crippen LogP contribution is 2.39. The second kappa shape index (κ2) is 7.36. The average Bonchev–Trinajstić information content (AvgIpc) is 3.44. The zero-order valence-corrected chi connectivity index (χ0v) is 16.0. The molecule has 1 amide bonds. The number of anilines is 2. The molecule has 2 aromatic carbocycles. The molecule has 1 aliphatic heterocycles. The highest BCUT2D eigenvalue weighted by atomic mass is 16.3. The molecule has 148 valence electrons. The molecule has 3 heterocycles. The van der Waals surface area contributed by atoms with E-state index in [1.165, 1.54) is 0 Å². The van der Waals surface area contributed by atoms with Crippen LogP contribution in [0.5, 0.6) is 0 Å². The SMILES string of the molecule is C=C1Nc2nc(-c3ccccc3)nn2[C@H](c2ccco2)[C@H]1C(=O)Nc1ccccc1. The number of benzene rings is 2. The van der Waals surface area contributed by atoms with Gasteiger partial charge in [-0.3, -0.25) is 4.79 Å². The summed E-state index contributed by atoms with van der Waals surface area (Å²) >= 11 is 0. The molecular weight excluding hydrogens is 378 g/mol. The van der Waals surface area contributed by atoms with Crippen LogP contribution in [0, 0.1) is 5.92 Å². The Labute approximate surface area is 173 Å². The fourth-order valence-electron chi connectivity index (χ4n) is 3.65. The van der Waals surface area contributed by atoms with Crippen molar-refractivity contribution in [2.24, 2.45) is 5.92 Å². The van der Waals surface area contributed by atoms with Crippen molar-refractivity contribution in [2.75, 3.05) is 10.6 Å². The summed E-state index contributed by atoms with van der Waals surface area (Å²) in [6.07, 6.45) is 1.58. The van der Waals surface area contributed by atoms with Gasteiger partial charge in [0.05, 0.1) is 6.26 Å². The van der Waals surface area contributed by atoms with Crippen molar-refractivity contribution in [3.8, 4) is 11.4 Å². The second-order valence-corrected chi connectivity index (χ2v) is 7.01. The Morgan fingerprint density at radius 3 is 2.47 bits per heavy atom. The Balaban J connectivity index is 1.56. The van der Waals surface area contributed by atoms with E-state index in [1.807, 2.05) is 66.7 Å². The molecule has 0 spiro atoms. The third-order valence-corrected chi connectivity index (χ3v) is 5.05. The molecule has 0 saturated carbocycles. The number of nitrogens with one attached hydrogen (secondary N) is 2. The molecule has 5 rings (SSSR count). The number of furan rings is 1. The Hall–Kier alpha value is -4.13. The third-order valence-electron chi connectivity index (χ3n) is 5.05. The van der Waals surface area contributed by atoms with Gasteiger partial charge in [0.15, 0.2) is 5.82 Å². The van der Waals surface area contributed by atoms with Gasteiger partial charge >= 0.3 is 0 Å². The Kier molecular flexibility index (Phi) is 4.40. The van der Waals surface area contributed by atoms with Gasteiger partial charge in [0.1, 0.15) is 17.7 Å². The topological polar surface area (TPSA) is 85.0 Å². The maximum absolute atomic E-state index is 13.3. The van der Waals surface area contributed by atoms with Crippen molar-refractivity contribution in [3.63, 3.8) is 0 Å². The highest BCUT2D eigenvalue weighted by Gasteiger charge is 2.41. The Morgan fingerprint density at radius 2 is 1.77 bits per heavy atom. The lowest BCUT2D eigenvalue weighted by atomic mass is 9.92. The first-order chi connectivity index (χ1) is 14.7. The fraction of sp³-hybridized carbons (Fsp3) is 0.0870. The molecular formula is C23H19N5O2. The first kappa shape index (κ1) is 17.9. The van der Waals surface area contributed by atoms with Crippen LogP contribution >= 0.6 is 0 Å². The lowest BCUT2D eigenvalue weighted by Crippen LogP contribution is -2.39. The molecule has 0 unspecified atom stereocenters. The number of carbonyl (C=O) groups excluding carboxylic acids is 1. The van der Waals surface area contributed by atoms with Crippen molar-refractivity contribution in [3.05, 3.63) is 97.1 Å². The minimum Gasteiger partial charge on any atom is -0.467 e. The van der Waals surface area contributed by atoms with Crippen molar-refractivity contribution in [1.82, 2.24) is 14.8 Å². The van der Waals surface area contributed by atoms with Gasteiger partial charge in [0.2, 0.25) is 11.9 Å². The lowest BCUT2D eigenvalue weighted by molar-refractivity contribution is -0.120. The van der Waals surface area contributed by atoms with E-state index in [1.54, 1.807) is 17.0 Å². The van der Waals surface area contributed by atoms with Crippen LogP contribution in [0.15, 0.2) is 95.8 Å². The van der Waals surface area contributed by atoms with E-state index in [0.717, 1.165) is 5.56 Å². The normalized spacial score (nSPS) is 17.8. The number of hydrogen-bond acceptors (Lipinski definition) is 5. The van der Waals surface area contributed by atoms with E-state index in [0.29, 0.717) is 28.9 Å². The van der Waals surface area contributed by atoms with Gasteiger partial charge in [0.25, 0.3) is 0 Å². The summed E-state index contributed by atoms with van der Waals surface area (Å²) in [5.41, 5.74) is 2.13. The molecule has 0 aliphatic carbocycles. The van der Waals surface area contributed by atoms with Gasteiger partial charge in [-0.1, -0.05) is 55.1 Å². The zero-order chi connectivity index (χ0) is 20.5. The number of carbonyl (C=O) groups is 1. The number of rotatable bonds is 4. The van der Waals surface area contributed by atoms with Crippen LogP contribution in [0.2, 0.25) is 0 Å². The predicted molar refractivity (Wildman–Crippen MR) is 114 cm³/mol. The molecule has 4 aromatic rings. The Bertz CT molecular complexity index is 1180. The molecule has 2 aromatic heterocycles. The summed E-state index contributed by atoms with van der Waals surface area (Å²) in [7, 11) is 0. The maximum atomic E-state index is 13.3.